The van der Waals surface area contributed by atoms with Crippen LogP contribution in [0.3, 0.4) is 0 Å². The molecule has 0 unspecified atom stereocenters. The molecule has 21 heavy (non-hydrogen) atoms. The number of amides is 1. The van der Waals surface area contributed by atoms with Gasteiger partial charge in [0.1, 0.15) is 0 Å². The van der Waals surface area contributed by atoms with E-state index in [2.05, 4.69) is 5.32 Å². The Morgan fingerprint density at radius 2 is 2.00 bits per heavy atom. The van der Waals surface area contributed by atoms with Gasteiger partial charge in [-0.05, 0) is 43.5 Å². The molecule has 2 rings (SSSR count). The topological polar surface area (TPSA) is 69.6 Å². The van der Waals surface area contributed by atoms with Gasteiger partial charge in [-0.2, -0.15) is 0 Å². The molecule has 1 heterocycles. The Hall–Kier alpha value is -1.88. The van der Waals surface area contributed by atoms with Crippen molar-refractivity contribution in [3.05, 3.63) is 34.9 Å². The largest absolute Gasteiger partial charge is 0.481 e. The lowest BCUT2D eigenvalue weighted by molar-refractivity contribution is -0.137. The van der Waals surface area contributed by atoms with Crippen molar-refractivity contribution in [3.63, 3.8) is 0 Å². The number of carbonyl (C=O) groups excluding carboxylic acids is 1. The summed E-state index contributed by atoms with van der Waals surface area (Å²) < 4.78 is 0. The van der Waals surface area contributed by atoms with E-state index < -0.39 is 5.97 Å². The molecule has 0 spiro atoms. The van der Waals surface area contributed by atoms with Crippen molar-refractivity contribution < 1.29 is 14.7 Å². The maximum Gasteiger partial charge on any atom is 0.303 e. The molecule has 1 aromatic carbocycles. The lowest BCUT2D eigenvalue weighted by atomic mass is 10.0. The molecule has 0 aromatic heterocycles. The highest BCUT2D eigenvalue weighted by Gasteiger charge is 2.20. The Labute approximate surface area is 125 Å². The van der Waals surface area contributed by atoms with Crippen LogP contribution in [0.5, 0.6) is 0 Å². The SMILES string of the molecule is CC(C)N(CCCC(=O)O)C(=O)c1ccc2c(c1)CNC2. The Morgan fingerprint density at radius 1 is 1.29 bits per heavy atom. The Kier molecular flexibility index (Phi) is 4.96. The first-order valence-electron chi connectivity index (χ1n) is 7.34. The number of carboxylic acids is 1. The van der Waals surface area contributed by atoms with Gasteiger partial charge in [-0.25, -0.2) is 0 Å². The van der Waals surface area contributed by atoms with Crippen molar-refractivity contribution in [2.45, 2.75) is 45.8 Å². The van der Waals surface area contributed by atoms with Crippen LogP contribution in [-0.4, -0.2) is 34.5 Å². The average molecular weight is 290 g/mol. The number of carboxylic acid groups (broad SMARTS) is 1. The van der Waals surface area contributed by atoms with Gasteiger partial charge in [0.2, 0.25) is 0 Å². The molecule has 2 N–H and O–H groups in total. The van der Waals surface area contributed by atoms with E-state index >= 15 is 0 Å². The fraction of sp³-hybridized carbons (Fsp3) is 0.500. The maximum atomic E-state index is 12.6. The molecule has 0 fully saturated rings. The predicted octanol–water partition coefficient (Wildman–Crippen LogP) is 2.01. The molecule has 5 nitrogen and oxygen atoms in total. The summed E-state index contributed by atoms with van der Waals surface area (Å²) in [5.74, 6) is -0.847. The van der Waals surface area contributed by atoms with E-state index in [4.69, 9.17) is 5.11 Å². The number of rotatable bonds is 6. The first kappa shape index (κ1) is 15.5. The highest BCUT2D eigenvalue weighted by molar-refractivity contribution is 5.94. The van der Waals surface area contributed by atoms with E-state index in [9.17, 15) is 9.59 Å². The average Bonchev–Trinajstić information content (AvgIpc) is 2.89. The quantitative estimate of drug-likeness (QED) is 0.841. The molecule has 1 aliphatic rings. The Bertz CT molecular complexity index is 540. The number of benzene rings is 1. The summed E-state index contributed by atoms with van der Waals surface area (Å²) in [7, 11) is 0. The summed E-state index contributed by atoms with van der Waals surface area (Å²) in [6.07, 6.45) is 0.566. The number of hydrogen-bond acceptors (Lipinski definition) is 3. The second-order valence-electron chi connectivity index (χ2n) is 5.68. The minimum absolute atomic E-state index is 0.0231. The molecule has 1 aliphatic heterocycles. The summed E-state index contributed by atoms with van der Waals surface area (Å²) >= 11 is 0. The summed E-state index contributed by atoms with van der Waals surface area (Å²) in [6.45, 7) is 6.03. The maximum absolute atomic E-state index is 12.6. The van der Waals surface area contributed by atoms with E-state index in [-0.39, 0.29) is 18.4 Å². The molecule has 5 heteroatoms. The molecule has 0 saturated heterocycles. The van der Waals surface area contributed by atoms with Crippen LogP contribution in [-0.2, 0) is 17.9 Å². The van der Waals surface area contributed by atoms with Gasteiger partial charge in [0.25, 0.3) is 5.91 Å². The monoisotopic (exact) mass is 290 g/mol. The fourth-order valence-electron chi connectivity index (χ4n) is 2.59. The molecule has 0 bridgehead atoms. The molecule has 1 aromatic rings. The first-order chi connectivity index (χ1) is 9.99. The zero-order valence-electron chi connectivity index (χ0n) is 12.6. The van der Waals surface area contributed by atoms with E-state index in [1.54, 1.807) is 4.90 Å². The van der Waals surface area contributed by atoms with Gasteiger partial charge in [-0.1, -0.05) is 6.07 Å². The normalized spacial score (nSPS) is 13.3. The standard InChI is InChI=1S/C16H22N2O3/c1-11(2)18(7-3-4-15(19)20)16(21)12-5-6-13-9-17-10-14(13)8-12/h5-6,8,11,17H,3-4,7,9-10H2,1-2H3,(H,19,20). The third kappa shape index (κ3) is 3.82. The van der Waals surface area contributed by atoms with Crippen LogP contribution in [0, 0.1) is 0 Å². The van der Waals surface area contributed by atoms with Crippen molar-refractivity contribution in [1.29, 1.82) is 0 Å². The summed E-state index contributed by atoms with van der Waals surface area (Å²) in [5.41, 5.74) is 3.10. The van der Waals surface area contributed by atoms with Gasteiger partial charge in [0.15, 0.2) is 0 Å². The Balaban J connectivity index is 2.09. The molecule has 1 amide bonds. The summed E-state index contributed by atoms with van der Waals surface area (Å²) in [6, 6.07) is 5.86. The molecule has 0 atom stereocenters. The van der Waals surface area contributed by atoms with Gasteiger partial charge in [-0.15, -0.1) is 0 Å². The Morgan fingerprint density at radius 3 is 2.67 bits per heavy atom. The van der Waals surface area contributed by atoms with Gasteiger partial charge in [0.05, 0.1) is 0 Å². The van der Waals surface area contributed by atoms with Crippen LogP contribution in [0.4, 0.5) is 0 Å². The minimum atomic E-state index is -0.824. The van der Waals surface area contributed by atoms with Crippen molar-refractivity contribution in [2.24, 2.45) is 0 Å². The van der Waals surface area contributed by atoms with Crippen LogP contribution in [0.15, 0.2) is 18.2 Å². The first-order valence-corrected chi connectivity index (χ1v) is 7.34. The van der Waals surface area contributed by atoms with Crippen LogP contribution in [0.25, 0.3) is 0 Å². The van der Waals surface area contributed by atoms with Crippen molar-refractivity contribution in [3.8, 4) is 0 Å². The number of nitrogens with one attached hydrogen (secondary N) is 1. The number of carbonyl (C=O) groups is 2. The van der Waals surface area contributed by atoms with Gasteiger partial charge in [-0.3, -0.25) is 9.59 Å². The number of hydrogen-bond donors (Lipinski definition) is 2. The van der Waals surface area contributed by atoms with E-state index in [0.29, 0.717) is 18.5 Å². The van der Waals surface area contributed by atoms with Crippen LogP contribution < -0.4 is 5.32 Å². The van der Waals surface area contributed by atoms with E-state index in [0.717, 1.165) is 13.1 Å². The fourth-order valence-corrected chi connectivity index (χ4v) is 2.59. The zero-order chi connectivity index (χ0) is 15.4. The second kappa shape index (κ2) is 6.72. The zero-order valence-corrected chi connectivity index (χ0v) is 12.6. The van der Waals surface area contributed by atoms with Crippen molar-refractivity contribution >= 4 is 11.9 Å². The van der Waals surface area contributed by atoms with Gasteiger partial charge >= 0.3 is 5.97 Å². The lowest BCUT2D eigenvalue weighted by Crippen LogP contribution is -2.38. The molecule has 0 radical (unpaired) electrons. The summed E-state index contributed by atoms with van der Waals surface area (Å²) in [4.78, 5) is 25.0. The van der Waals surface area contributed by atoms with E-state index in [1.807, 2.05) is 32.0 Å². The summed E-state index contributed by atoms with van der Waals surface area (Å²) in [5, 5.41) is 12.0. The predicted molar refractivity (Wildman–Crippen MR) is 80.0 cm³/mol. The molecular weight excluding hydrogens is 268 g/mol. The second-order valence-corrected chi connectivity index (χ2v) is 5.68. The van der Waals surface area contributed by atoms with Crippen molar-refractivity contribution in [2.75, 3.05) is 6.54 Å². The number of fused-ring (bicyclic) bond motifs is 1. The molecule has 114 valence electrons. The number of aliphatic carboxylic acids is 1. The van der Waals surface area contributed by atoms with Crippen molar-refractivity contribution in [1.82, 2.24) is 10.2 Å². The highest BCUT2D eigenvalue weighted by Crippen LogP contribution is 2.19. The van der Waals surface area contributed by atoms with E-state index in [1.165, 1.54) is 11.1 Å². The van der Waals surface area contributed by atoms with Crippen LogP contribution in [0.1, 0.15) is 48.2 Å². The molecule has 0 saturated carbocycles. The van der Waals surface area contributed by atoms with Gasteiger partial charge in [0, 0.05) is 37.7 Å². The minimum Gasteiger partial charge on any atom is -0.481 e. The van der Waals surface area contributed by atoms with Crippen LogP contribution in [0.2, 0.25) is 0 Å². The van der Waals surface area contributed by atoms with Gasteiger partial charge < -0.3 is 15.3 Å². The lowest BCUT2D eigenvalue weighted by Gasteiger charge is -2.27. The highest BCUT2D eigenvalue weighted by atomic mass is 16.4. The third-order valence-corrected chi connectivity index (χ3v) is 3.76. The third-order valence-electron chi connectivity index (χ3n) is 3.76. The number of nitrogens with zero attached hydrogens (tertiary/aromatic N) is 1. The molecular formula is C16H22N2O3. The smallest absolute Gasteiger partial charge is 0.303 e. The van der Waals surface area contributed by atoms with Crippen LogP contribution >= 0.6 is 0 Å². The molecule has 0 aliphatic carbocycles.